The second kappa shape index (κ2) is 19.0. The van der Waals surface area contributed by atoms with Crippen LogP contribution in [0.3, 0.4) is 0 Å². The van der Waals surface area contributed by atoms with E-state index in [0.717, 1.165) is 22.4 Å². The third-order valence-corrected chi connectivity index (χ3v) is 11.8. The number of nitrogens with zero attached hydrogens (tertiary/aromatic N) is 5. The first-order valence-electron chi connectivity index (χ1n) is 18.8. The van der Waals surface area contributed by atoms with Crippen LogP contribution in [0.15, 0.2) is 113 Å². The number of aromatic nitrogens is 1. The van der Waals surface area contributed by atoms with Gasteiger partial charge in [-0.3, -0.25) is 9.78 Å². The molecule has 1 aliphatic heterocycles. The van der Waals surface area contributed by atoms with Crippen molar-refractivity contribution in [2.24, 2.45) is 17.0 Å². The van der Waals surface area contributed by atoms with Crippen LogP contribution in [0.4, 0.5) is 4.79 Å². The summed E-state index contributed by atoms with van der Waals surface area (Å²) in [5, 5.41) is 26.8. The summed E-state index contributed by atoms with van der Waals surface area (Å²) < 4.78 is 29.2. The summed E-state index contributed by atoms with van der Waals surface area (Å²) in [5.41, 5.74) is 4.11. The second-order valence-electron chi connectivity index (χ2n) is 14.5. The molecule has 1 fully saturated rings. The monoisotopic (exact) mass is 768 g/mol. The van der Waals surface area contributed by atoms with E-state index in [1.54, 1.807) is 16.0 Å². The van der Waals surface area contributed by atoms with E-state index in [1.165, 1.54) is 34.8 Å². The van der Waals surface area contributed by atoms with E-state index in [2.05, 4.69) is 15.5 Å². The molecule has 4 aromatic rings. The molecule has 3 N–H and O–H groups in total. The maximum absolute atomic E-state index is 14.4. The average Bonchev–Trinajstić information content (AvgIpc) is 3.53. The Morgan fingerprint density at radius 2 is 1.65 bits per heavy atom. The third-order valence-electron chi connectivity index (χ3n) is 9.95. The predicted octanol–water partition coefficient (Wildman–Crippen LogP) is 5.64. The molecule has 0 bridgehead atoms. The maximum atomic E-state index is 14.4. The highest BCUT2D eigenvalue weighted by Gasteiger charge is 2.41. The molecule has 1 aliphatic rings. The Kier molecular flexibility index (Phi) is 14.2. The van der Waals surface area contributed by atoms with Crippen molar-refractivity contribution in [1.29, 1.82) is 0 Å². The number of hydrogen-bond acceptors (Lipinski definition) is 8. The van der Waals surface area contributed by atoms with Gasteiger partial charge in [-0.05, 0) is 65.3 Å². The minimum Gasteiger partial charge on any atom is -0.411 e. The fourth-order valence-electron chi connectivity index (χ4n) is 6.89. The predicted molar refractivity (Wildman–Crippen MR) is 213 cm³/mol. The largest absolute Gasteiger partial charge is 0.411 e. The van der Waals surface area contributed by atoms with E-state index >= 15 is 0 Å². The number of carbonyl (C=O) groups is 2. The fraction of sp³-hybridized carbons (Fsp3) is 0.381. The first kappa shape index (κ1) is 41.1. The van der Waals surface area contributed by atoms with Crippen molar-refractivity contribution >= 4 is 28.2 Å². The first-order chi connectivity index (χ1) is 26.4. The van der Waals surface area contributed by atoms with Crippen molar-refractivity contribution in [2.75, 3.05) is 26.2 Å². The molecule has 55 heavy (non-hydrogen) atoms. The second-order valence-corrected chi connectivity index (χ2v) is 16.5. The number of aliphatic hydroxyl groups is 1. The van der Waals surface area contributed by atoms with E-state index in [0.29, 0.717) is 31.6 Å². The van der Waals surface area contributed by atoms with Gasteiger partial charge in [-0.15, -0.1) is 0 Å². The van der Waals surface area contributed by atoms with Gasteiger partial charge in [-0.1, -0.05) is 106 Å². The molecule has 3 aromatic carbocycles. The first-order valence-corrected chi connectivity index (χ1v) is 20.2. The number of nitrogens with one attached hydrogen (secondary N) is 1. The van der Waals surface area contributed by atoms with Crippen molar-refractivity contribution in [1.82, 2.24) is 24.4 Å². The lowest BCUT2D eigenvalue weighted by molar-refractivity contribution is -0.128. The summed E-state index contributed by atoms with van der Waals surface area (Å²) in [5.74, 6) is -0.676. The Hall–Kier alpha value is -5.11. The summed E-state index contributed by atoms with van der Waals surface area (Å²) in [6.07, 6.45) is 2.51. The molecule has 0 unspecified atom stereocenters. The molecule has 1 saturated heterocycles. The SMILES string of the molecule is CC[C@H](C)[C@@H](C(=O)N[C@@H](Cc1ccccc1)[C@@H](O)CN(CC(C)C)S(=O)(=O)c1ccc(C=NO)cc1)N1CCN(Cc2cccc(-c3ccccn3)c2)C1=O. The average molecular weight is 769 g/mol. The number of oxime groups is 1. The van der Waals surface area contributed by atoms with Crippen LogP contribution in [0.1, 0.15) is 50.8 Å². The number of urea groups is 1. The Bertz CT molecular complexity index is 2000. The Morgan fingerprint density at radius 3 is 2.31 bits per heavy atom. The number of pyridine rings is 1. The third kappa shape index (κ3) is 10.6. The molecule has 292 valence electrons. The quantitative estimate of drug-likeness (QED) is 0.0672. The molecule has 0 radical (unpaired) electrons. The van der Waals surface area contributed by atoms with Crippen molar-refractivity contribution in [3.8, 4) is 11.3 Å². The van der Waals surface area contributed by atoms with Crippen LogP contribution in [0, 0.1) is 11.8 Å². The van der Waals surface area contributed by atoms with Gasteiger partial charge in [0.1, 0.15) is 6.04 Å². The summed E-state index contributed by atoms with van der Waals surface area (Å²) in [7, 11) is -4.07. The molecule has 5 rings (SSSR count). The normalized spacial score (nSPS) is 15.8. The minimum atomic E-state index is -4.07. The molecule has 13 heteroatoms. The van der Waals surface area contributed by atoms with E-state index in [4.69, 9.17) is 5.21 Å². The summed E-state index contributed by atoms with van der Waals surface area (Å²) in [6.45, 7) is 8.72. The van der Waals surface area contributed by atoms with Gasteiger partial charge in [-0.25, -0.2) is 13.2 Å². The van der Waals surface area contributed by atoms with Crippen LogP contribution in [0.2, 0.25) is 0 Å². The lowest BCUT2D eigenvalue weighted by Crippen LogP contribution is -2.57. The van der Waals surface area contributed by atoms with E-state index < -0.39 is 34.1 Å². The highest BCUT2D eigenvalue weighted by Crippen LogP contribution is 2.25. The van der Waals surface area contributed by atoms with Crippen LogP contribution in [-0.4, -0.2) is 100 Å². The lowest BCUT2D eigenvalue weighted by atomic mass is 9.95. The number of hydrogen-bond donors (Lipinski definition) is 3. The van der Waals surface area contributed by atoms with Crippen molar-refractivity contribution in [2.45, 2.75) is 70.2 Å². The van der Waals surface area contributed by atoms with Gasteiger partial charge in [0.05, 0.1) is 28.9 Å². The van der Waals surface area contributed by atoms with Gasteiger partial charge in [0, 0.05) is 44.5 Å². The molecule has 1 aromatic heterocycles. The molecule has 0 aliphatic carbocycles. The zero-order valence-corrected chi connectivity index (χ0v) is 32.7. The lowest BCUT2D eigenvalue weighted by Gasteiger charge is -2.35. The zero-order chi connectivity index (χ0) is 39.5. The zero-order valence-electron chi connectivity index (χ0n) is 31.9. The Balaban J connectivity index is 1.36. The molecular weight excluding hydrogens is 717 g/mol. The molecule has 12 nitrogen and oxygen atoms in total. The molecule has 3 amide bonds. The standard InChI is InChI=1S/C42H52N6O6S/c1-5-31(4)40(48-23-22-46(42(48)51)28-34-14-11-15-35(24-34)37-16-9-10-21-43-37)41(50)45-38(25-32-12-7-6-8-13-32)39(49)29-47(27-30(2)3)55(53,54)36-19-17-33(18-20-36)26-44-52/h6-21,24,26,30-31,38-40,49,52H,5,22-23,25,27-29H2,1-4H3,(H,45,50)/t31-,38-,39-,40-/m0/s1. The highest BCUT2D eigenvalue weighted by molar-refractivity contribution is 7.89. The van der Waals surface area contributed by atoms with E-state index in [9.17, 15) is 23.1 Å². The number of benzene rings is 3. The minimum absolute atomic E-state index is 0.0245. The van der Waals surface area contributed by atoms with E-state index in [1.807, 2.05) is 100 Å². The van der Waals surface area contributed by atoms with Gasteiger partial charge in [0.15, 0.2) is 0 Å². The molecule has 2 heterocycles. The van der Waals surface area contributed by atoms with Gasteiger partial charge in [0.25, 0.3) is 0 Å². The van der Waals surface area contributed by atoms with Crippen LogP contribution < -0.4 is 5.32 Å². The molecule has 0 spiro atoms. The number of aliphatic hydroxyl groups excluding tert-OH is 1. The molecule has 4 atom stereocenters. The van der Waals surface area contributed by atoms with Crippen LogP contribution in [0.25, 0.3) is 11.3 Å². The number of carbonyl (C=O) groups excluding carboxylic acids is 2. The number of sulfonamides is 1. The van der Waals surface area contributed by atoms with E-state index in [-0.39, 0.29) is 42.3 Å². The highest BCUT2D eigenvalue weighted by atomic mass is 32.2. The van der Waals surface area contributed by atoms with Gasteiger partial charge in [0.2, 0.25) is 15.9 Å². The molecule has 0 saturated carbocycles. The smallest absolute Gasteiger partial charge is 0.321 e. The summed E-state index contributed by atoms with van der Waals surface area (Å²) >= 11 is 0. The fourth-order valence-corrected chi connectivity index (χ4v) is 8.52. The molecular formula is C42H52N6O6S. The van der Waals surface area contributed by atoms with Crippen molar-refractivity contribution < 1.29 is 28.3 Å². The maximum Gasteiger partial charge on any atom is 0.321 e. The van der Waals surface area contributed by atoms with Gasteiger partial charge < -0.3 is 25.4 Å². The van der Waals surface area contributed by atoms with Crippen molar-refractivity contribution in [3.05, 3.63) is 120 Å². The Labute approximate surface area is 324 Å². The van der Waals surface area contributed by atoms with Crippen molar-refractivity contribution in [3.63, 3.8) is 0 Å². The number of rotatable bonds is 18. The Morgan fingerprint density at radius 1 is 0.945 bits per heavy atom. The van der Waals surface area contributed by atoms with Crippen LogP contribution >= 0.6 is 0 Å². The summed E-state index contributed by atoms with van der Waals surface area (Å²) in [6, 6.07) is 27.0. The van der Waals surface area contributed by atoms with Crippen LogP contribution in [0.5, 0.6) is 0 Å². The van der Waals surface area contributed by atoms with Crippen LogP contribution in [-0.2, 0) is 27.8 Å². The number of amides is 3. The summed E-state index contributed by atoms with van der Waals surface area (Å²) in [4.78, 5) is 36.3. The van der Waals surface area contributed by atoms with Gasteiger partial charge >= 0.3 is 6.03 Å². The topological polar surface area (TPSA) is 156 Å². The van der Waals surface area contributed by atoms with Gasteiger partial charge in [-0.2, -0.15) is 4.31 Å².